The van der Waals surface area contributed by atoms with Gasteiger partial charge in [-0.1, -0.05) is 19.8 Å². The first-order valence-corrected chi connectivity index (χ1v) is 7.69. The molecule has 0 saturated carbocycles. The van der Waals surface area contributed by atoms with Crippen LogP contribution >= 0.6 is 0 Å². The predicted octanol–water partition coefficient (Wildman–Crippen LogP) is 3.34. The van der Waals surface area contributed by atoms with E-state index < -0.39 is 0 Å². The average molecular weight is 314 g/mol. The van der Waals surface area contributed by atoms with Gasteiger partial charge in [-0.05, 0) is 24.6 Å². The van der Waals surface area contributed by atoms with Crippen LogP contribution in [0.3, 0.4) is 0 Å². The fourth-order valence-corrected chi connectivity index (χ4v) is 2.52. The molecule has 1 aromatic carbocycles. The fourth-order valence-electron chi connectivity index (χ4n) is 2.52. The first-order chi connectivity index (χ1) is 11.2. The van der Waals surface area contributed by atoms with Gasteiger partial charge in [-0.25, -0.2) is 9.37 Å². The van der Waals surface area contributed by atoms with E-state index in [0.717, 1.165) is 31.5 Å². The maximum Gasteiger partial charge on any atom is 0.222 e. The third kappa shape index (κ3) is 3.23. The maximum atomic E-state index is 14.6. The predicted molar refractivity (Wildman–Crippen MR) is 89.5 cm³/mol. The Morgan fingerprint density at radius 1 is 1.26 bits per heavy atom. The van der Waals surface area contributed by atoms with Crippen molar-refractivity contribution in [1.82, 2.24) is 20.2 Å². The lowest BCUT2D eigenvalue weighted by atomic mass is 10.1. The minimum absolute atomic E-state index is 0.122. The Kier molecular flexibility index (Phi) is 4.36. The van der Waals surface area contributed by atoms with Crippen LogP contribution in [-0.4, -0.2) is 26.7 Å². The van der Waals surface area contributed by atoms with Crippen molar-refractivity contribution in [3.63, 3.8) is 0 Å². The molecule has 0 spiro atoms. The summed E-state index contributed by atoms with van der Waals surface area (Å²) >= 11 is 0. The Hall–Kier alpha value is -2.70. The molecule has 0 amide bonds. The SMILES string of the molecule is CCCCCNc1nc(N)nc2cc(-c3ccn[nH]3)cc(F)c12. The van der Waals surface area contributed by atoms with Crippen LogP contribution in [0.4, 0.5) is 16.2 Å². The molecule has 0 fully saturated rings. The highest BCUT2D eigenvalue weighted by Crippen LogP contribution is 2.29. The van der Waals surface area contributed by atoms with Gasteiger partial charge in [0.2, 0.25) is 5.95 Å². The van der Waals surface area contributed by atoms with Gasteiger partial charge in [0.15, 0.2) is 0 Å². The van der Waals surface area contributed by atoms with Crippen LogP contribution < -0.4 is 11.1 Å². The number of rotatable bonds is 6. The number of anilines is 2. The fraction of sp³-hybridized carbons (Fsp3) is 0.312. The van der Waals surface area contributed by atoms with Crippen LogP contribution in [0, 0.1) is 5.82 Å². The highest BCUT2D eigenvalue weighted by molar-refractivity contribution is 5.93. The van der Waals surface area contributed by atoms with E-state index in [1.54, 1.807) is 18.3 Å². The number of aromatic nitrogens is 4. The highest BCUT2D eigenvalue weighted by atomic mass is 19.1. The molecule has 2 aromatic heterocycles. The van der Waals surface area contributed by atoms with Crippen LogP contribution in [-0.2, 0) is 0 Å². The topological polar surface area (TPSA) is 92.5 Å². The number of nitrogen functional groups attached to an aromatic ring is 1. The number of H-pyrrole nitrogens is 1. The summed E-state index contributed by atoms with van der Waals surface area (Å²) in [6.45, 7) is 2.86. The Labute approximate surface area is 133 Å². The standard InChI is InChI=1S/C16H19FN6/c1-2-3-4-6-19-15-14-11(17)8-10(12-5-7-20-23-12)9-13(14)21-16(18)22-15/h5,7-9H,2-4,6H2,1H3,(H,20,23)(H3,18,19,21,22). The highest BCUT2D eigenvalue weighted by Gasteiger charge is 2.14. The van der Waals surface area contributed by atoms with Crippen molar-refractivity contribution in [2.75, 3.05) is 17.6 Å². The molecule has 7 heteroatoms. The van der Waals surface area contributed by atoms with Crippen LogP contribution in [0.1, 0.15) is 26.2 Å². The molecule has 4 N–H and O–H groups in total. The first kappa shape index (κ1) is 15.2. The second kappa shape index (κ2) is 6.60. The molecule has 0 aliphatic carbocycles. The van der Waals surface area contributed by atoms with E-state index in [-0.39, 0.29) is 11.8 Å². The number of nitrogens with one attached hydrogen (secondary N) is 2. The number of halogens is 1. The lowest BCUT2D eigenvalue weighted by Crippen LogP contribution is -2.07. The zero-order chi connectivity index (χ0) is 16.2. The third-order valence-corrected chi connectivity index (χ3v) is 3.65. The molecule has 6 nitrogen and oxygen atoms in total. The summed E-state index contributed by atoms with van der Waals surface area (Å²) in [7, 11) is 0. The molecule has 23 heavy (non-hydrogen) atoms. The van der Waals surface area contributed by atoms with Crippen molar-refractivity contribution in [2.24, 2.45) is 0 Å². The van der Waals surface area contributed by atoms with Gasteiger partial charge in [-0.15, -0.1) is 0 Å². The molecule has 0 unspecified atom stereocenters. The summed E-state index contributed by atoms with van der Waals surface area (Å²) in [4.78, 5) is 8.31. The third-order valence-electron chi connectivity index (χ3n) is 3.65. The van der Waals surface area contributed by atoms with Crippen molar-refractivity contribution in [2.45, 2.75) is 26.2 Å². The van der Waals surface area contributed by atoms with Gasteiger partial charge >= 0.3 is 0 Å². The molecular weight excluding hydrogens is 295 g/mol. The number of unbranched alkanes of at least 4 members (excludes halogenated alkanes) is 2. The van der Waals surface area contributed by atoms with Gasteiger partial charge in [0.1, 0.15) is 11.6 Å². The zero-order valence-electron chi connectivity index (χ0n) is 12.9. The van der Waals surface area contributed by atoms with E-state index in [4.69, 9.17) is 5.73 Å². The van der Waals surface area contributed by atoms with Crippen LogP contribution in [0.2, 0.25) is 0 Å². The van der Waals surface area contributed by atoms with E-state index in [1.807, 2.05) is 0 Å². The largest absolute Gasteiger partial charge is 0.369 e. The van der Waals surface area contributed by atoms with Crippen LogP contribution in [0.15, 0.2) is 24.4 Å². The first-order valence-electron chi connectivity index (χ1n) is 7.69. The summed E-state index contributed by atoms with van der Waals surface area (Å²) in [5, 5.41) is 10.2. The summed E-state index contributed by atoms with van der Waals surface area (Å²) in [5.41, 5.74) is 7.63. The van der Waals surface area contributed by atoms with E-state index in [9.17, 15) is 4.39 Å². The van der Waals surface area contributed by atoms with Crippen LogP contribution in [0.25, 0.3) is 22.2 Å². The molecule has 0 bridgehead atoms. The summed E-state index contributed by atoms with van der Waals surface area (Å²) in [6.07, 6.45) is 4.84. The molecule has 0 atom stereocenters. The number of aromatic amines is 1. The monoisotopic (exact) mass is 314 g/mol. The number of nitrogens with two attached hydrogens (primary N) is 1. The number of benzene rings is 1. The molecule has 3 rings (SSSR count). The smallest absolute Gasteiger partial charge is 0.222 e. The average Bonchev–Trinajstić information content (AvgIpc) is 3.05. The van der Waals surface area contributed by atoms with Gasteiger partial charge < -0.3 is 11.1 Å². The lowest BCUT2D eigenvalue weighted by Gasteiger charge is -2.11. The molecule has 0 saturated heterocycles. The van der Waals surface area contributed by atoms with Crippen molar-refractivity contribution in [3.8, 4) is 11.3 Å². The summed E-state index contributed by atoms with van der Waals surface area (Å²) < 4.78 is 14.6. The zero-order valence-corrected chi connectivity index (χ0v) is 12.9. The van der Waals surface area contributed by atoms with Crippen molar-refractivity contribution in [1.29, 1.82) is 0 Å². The number of hydrogen-bond acceptors (Lipinski definition) is 5. The van der Waals surface area contributed by atoms with E-state index in [0.29, 0.717) is 22.3 Å². The van der Waals surface area contributed by atoms with Gasteiger partial charge in [-0.2, -0.15) is 10.1 Å². The Morgan fingerprint density at radius 3 is 2.87 bits per heavy atom. The maximum absolute atomic E-state index is 14.6. The van der Waals surface area contributed by atoms with Crippen molar-refractivity contribution in [3.05, 3.63) is 30.2 Å². The molecule has 0 aliphatic heterocycles. The second-order valence-electron chi connectivity index (χ2n) is 5.39. The van der Waals surface area contributed by atoms with Gasteiger partial charge in [0.25, 0.3) is 0 Å². The molecule has 0 radical (unpaired) electrons. The van der Waals surface area contributed by atoms with Crippen LogP contribution in [0.5, 0.6) is 0 Å². The van der Waals surface area contributed by atoms with Gasteiger partial charge in [0.05, 0.1) is 16.6 Å². The Balaban J connectivity index is 2.01. The second-order valence-corrected chi connectivity index (χ2v) is 5.39. The number of hydrogen-bond donors (Lipinski definition) is 3. The summed E-state index contributed by atoms with van der Waals surface area (Å²) in [6, 6.07) is 5.00. The van der Waals surface area contributed by atoms with Crippen molar-refractivity contribution < 1.29 is 4.39 Å². The normalized spacial score (nSPS) is 11.0. The Morgan fingerprint density at radius 2 is 2.13 bits per heavy atom. The Bertz CT molecular complexity index is 800. The van der Waals surface area contributed by atoms with Crippen molar-refractivity contribution >= 4 is 22.7 Å². The minimum atomic E-state index is -0.384. The lowest BCUT2D eigenvalue weighted by molar-refractivity contribution is 0.639. The molecule has 2 heterocycles. The summed E-state index contributed by atoms with van der Waals surface area (Å²) in [5.74, 6) is 0.180. The quantitative estimate of drug-likeness (QED) is 0.607. The molecule has 3 aromatic rings. The molecule has 120 valence electrons. The molecular formula is C16H19FN6. The van der Waals surface area contributed by atoms with Gasteiger partial charge in [-0.3, -0.25) is 5.10 Å². The van der Waals surface area contributed by atoms with Gasteiger partial charge in [0, 0.05) is 18.3 Å². The van der Waals surface area contributed by atoms with E-state index >= 15 is 0 Å². The molecule has 0 aliphatic rings. The number of fused-ring (bicyclic) bond motifs is 1. The number of nitrogens with zero attached hydrogens (tertiary/aromatic N) is 3. The minimum Gasteiger partial charge on any atom is -0.369 e. The van der Waals surface area contributed by atoms with E-state index in [2.05, 4.69) is 32.4 Å². The van der Waals surface area contributed by atoms with E-state index in [1.165, 1.54) is 6.07 Å².